The number of hydrogen-bond donors (Lipinski definition) is 2. The molecule has 2 rings (SSSR count). The summed E-state index contributed by atoms with van der Waals surface area (Å²) in [4.78, 5) is 0. The lowest BCUT2D eigenvalue weighted by molar-refractivity contribution is 0.124. The summed E-state index contributed by atoms with van der Waals surface area (Å²) in [6.07, 6.45) is 3.24. The third-order valence-corrected chi connectivity index (χ3v) is 4.90. The number of ether oxygens (including phenoxy) is 1. The highest BCUT2D eigenvalue weighted by molar-refractivity contribution is 7.87. The van der Waals surface area contributed by atoms with Gasteiger partial charge in [0.25, 0.3) is 10.2 Å². The first-order valence-corrected chi connectivity index (χ1v) is 7.57. The molecule has 2 saturated heterocycles. The number of nitrogens with one attached hydrogen (secondary N) is 1. The molecule has 0 aliphatic carbocycles. The van der Waals surface area contributed by atoms with Gasteiger partial charge in [-0.15, -0.1) is 0 Å². The third kappa shape index (κ3) is 3.38. The van der Waals surface area contributed by atoms with Gasteiger partial charge in [0.2, 0.25) is 0 Å². The van der Waals surface area contributed by atoms with Crippen LogP contribution in [0.1, 0.15) is 25.7 Å². The molecule has 0 saturated carbocycles. The van der Waals surface area contributed by atoms with Crippen molar-refractivity contribution in [2.45, 2.75) is 37.8 Å². The smallest absolute Gasteiger partial charge is 0.279 e. The van der Waals surface area contributed by atoms with Gasteiger partial charge in [-0.1, -0.05) is 12.8 Å². The van der Waals surface area contributed by atoms with Gasteiger partial charge < -0.3 is 9.84 Å². The van der Waals surface area contributed by atoms with Crippen LogP contribution in [-0.2, 0) is 14.9 Å². The largest absolute Gasteiger partial charge is 0.389 e. The summed E-state index contributed by atoms with van der Waals surface area (Å²) in [5, 5.41) is 9.54. The Hall–Kier alpha value is -0.210. The van der Waals surface area contributed by atoms with Crippen molar-refractivity contribution in [3.05, 3.63) is 0 Å². The van der Waals surface area contributed by atoms with Crippen LogP contribution in [0.15, 0.2) is 0 Å². The Morgan fingerprint density at radius 2 is 1.76 bits per heavy atom. The van der Waals surface area contributed by atoms with E-state index in [0.717, 1.165) is 25.7 Å². The van der Waals surface area contributed by atoms with E-state index in [1.807, 2.05) is 0 Å². The summed E-state index contributed by atoms with van der Waals surface area (Å²) in [6.45, 7) is 1.58. The van der Waals surface area contributed by atoms with Gasteiger partial charge >= 0.3 is 0 Å². The fourth-order valence-electron chi connectivity index (χ4n) is 2.20. The van der Waals surface area contributed by atoms with Crippen molar-refractivity contribution in [3.63, 3.8) is 0 Å². The van der Waals surface area contributed by atoms with Crippen molar-refractivity contribution in [3.8, 4) is 0 Å². The van der Waals surface area contributed by atoms with E-state index < -0.39 is 22.4 Å². The van der Waals surface area contributed by atoms with Crippen LogP contribution >= 0.6 is 0 Å². The van der Waals surface area contributed by atoms with Crippen LogP contribution in [0.2, 0.25) is 0 Å². The number of nitrogens with zero attached hydrogens (tertiary/aromatic N) is 1. The summed E-state index contributed by atoms with van der Waals surface area (Å²) in [7, 11) is -3.48. The maximum atomic E-state index is 12.1. The number of aliphatic hydroxyl groups is 1. The van der Waals surface area contributed by atoms with Gasteiger partial charge in [0.05, 0.1) is 25.4 Å². The van der Waals surface area contributed by atoms with Crippen LogP contribution in [0.4, 0.5) is 0 Å². The average molecular weight is 264 g/mol. The second-order valence-electron chi connectivity index (χ2n) is 4.65. The SMILES string of the molecule is O=S(=O)(N[C@H]1COC[C@@H]1O)N1CCCCCC1. The van der Waals surface area contributed by atoms with E-state index in [1.54, 1.807) is 0 Å². The fraction of sp³-hybridized carbons (Fsp3) is 1.00. The monoisotopic (exact) mass is 264 g/mol. The van der Waals surface area contributed by atoms with Gasteiger partial charge in [0.15, 0.2) is 0 Å². The Bertz CT molecular complexity index is 338. The highest BCUT2D eigenvalue weighted by atomic mass is 32.2. The molecule has 0 amide bonds. The maximum absolute atomic E-state index is 12.1. The molecule has 7 heteroatoms. The van der Waals surface area contributed by atoms with E-state index in [0.29, 0.717) is 13.1 Å². The Kier molecular flexibility index (Phi) is 4.37. The molecule has 2 atom stereocenters. The van der Waals surface area contributed by atoms with Crippen molar-refractivity contribution >= 4 is 10.2 Å². The Balaban J connectivity index is 1.97. The summed E-state index contributed by atoms with van der Waals surface area (Å²) >= 11 is 0. The molecule has 0 aromatic rings. The molecule has 6 nitrogen and oxygen atoms in total. The molecule has 2 aliphatic rings. The van der Waals surface area contributed by atoms with Crippen molar-refractivity contribution in [2.75, 3.05) is 26.3 Å². The number of aliphatic hydroxyl groups excluding tert-OH is 1. The van der Waals surface area contributed by atoms with Gasteiger partial charge in [0.1, 0.15) is 0 Å². The molecule has 0 unspecified atom stereocenters. The topological polar surface area (TPSA) is 78.9 Å². The summed E-state index contributed by atoms with van der Waals surface area (Å²) in [5.74, 6) is 0. The highest BCUT2D eigenvalue weighted by Gasteiger charge is 2.32. The number of rotatable bonds is 3. The quantitative estimate of drug-likeness (QED) is 0.717. The van der Waals surface area contributed by atoms with E-state index in [4.69, 9.17) is 4.74 Å². The van der Waals surface area contributed by atoms with Gasteiger partial charge in [-0.2, -0.15) is 17.4 Å². The highest BCUT2D eigenvalue weighted by Crippen LogP contribution is 2.14. The summed E-state index contributed by atoms with van der Waals surface area (Å²) in [6, 6.07) is -0.511. The standard InChI is InChI=1S/C10H20N2O4S/c13-10-8-16-7-9(10)11-17(14,15)12-5-3-1-2-4-6-12/h9-11,13H,1-8H2/t9-,10-/m0/s1. The molecule has 0 radical (unpaired) electrons. The zero-order chi connectivity index (χ0) is 12.3. The summed E-state index contributed by atoms with van der Waals surface area (Å²) in [5.41, 5.74) is 0. The lowest BCUT2D eigenvalue weighted by Gasteiger charge is -2.23. The molecule has 0 spiro atoms. The minimum absolute atomic E-state index is 0.202. The molecule has 2 N–H and O–H groups in total. The second kappa shape index (κ2) is 5.62. The zero-order valence-electron chi connectivity index (χ0n) is 9.84. The van der Waals surface area contributed by atoms with E-state index >= 15 is 0 Å². The van der Waals surface area contributed by atoms with E-state index in [2.05, 4.69) is 4.72 Å². The Morgan fingerprint density at radius 3 is 2.29 bits per heavy atom. The molecule has 2 aliphatic heterocycles. The first-order valence-electron chi connectivity index (χ1n) is 6.13. The average Bonchev–Trinajstić information content (AvgIpc) is 2.58. The zero-order valence-corrected chi connectivity index (χ0v) is 10.7. The first-order chi connectivity index (χ1) is 8.09. The van der Waals surface area contributed by atoms with Crippen LogP contribution in [0.25, 0.3) is 0 Å². The molecule has 0 aromatic carbocycles. The van der Waals surface area contributed by atoms with Gasteiger partial charge in [-0.05, 0) is 12.8 Å². The predicted molar refractivity (Wildman–Crippen MR) is 62.7 cm³/mol. The normalized spacial score (nSPS) is 32.5. The van der Waals surface area contributed by atoms with Gasteiger partial charge in [0, 0.05) is 13.1 Å². The van der Waals surface area contributed by atoms with Crippen LogP contribution in [-0.4, -0.2) is 56.3 Å². The number of hydrogen-bond acceptors (Lipinski definition) is 4. The molecular weight excluding hydrogens is 244 g/mol. The van der Waals surface area contributed by atoms with Crippen LogP contribution in [0, 0.1) is 0 Å². The maximum Gasteiger partial charge on any atom is 0.279 e. The molecule has 100 valence electrons. The van der Waals surface area contributed by atoms with Gasteiger partial charge in [-0.25, -0.2) is 0 Å². The van der Waals surface area contributed by atoms with Crippen LogP contribution in [0.5, 0.6) is 0 Å². The molecule has 2 fully saturated rings. The predicted octanol–water partition coefficient (Wildman–Crippen LogP) is -0.543. The molecule has 0 aromatic heterocycles. The van der Waals surface area contributed by atoms with Crippen molar-refractivity contribution in [2.24, 2.45) is 0 Å². The van der Waals surface area contributed by atoms with Crippen LogP contribution in [0.3, 0.4) is 0 Å². The Morgan fingerprint density at radius 1 is 1.12 bits per heavy atom. The minimum atomic E-state index is -3.48. The Labute approximate surface area is 102 Å². The molecule has 17 heavy (non-hydrogen) atoms. The fourth-order valence-corrected chi connectivity index (χ4v) is 3.70. The third-order valence-electron chi connectivity index (χ3n) is 3.26. The van der Waals surface area contributed by atoms with E-state index in [-0.39, 0.29) is 13.2 Å². The van der Waals surface area contributed by atoms with E-state index in [9.17, 15) is 13.5 Å². The van der Waals surface area contributed by atoms with E-state index in [1.165, 1.54) is 4.31 Å². The first kappa shape index (κ1) is 13.2. The van der Waals surface area contributed by atoms with Crippen molar-refractivity contribution < 1.29 is 18.3 Å². The van der Waals surface area contributed by atoms with Crippen LogP contribution < -0.4 is 4.72 Å². The minimum Gasteiger partial charge on any atom is -0.389 e. The molecular formula is C10H20N2O4S. The van der Waals surface area contributed by atoms with Crippen molar-refractivity contribution in [1.29, 1.82) is 0 Å². The molecule has 2 heterocycles. The second-order valence-corrected chi connectivity index (χ2v) is 6.35. The lowest BCUT2D eigenvalue weighted by Crippen LogP contribution is -2.49. The lowest BCUT2D eigenvalue weighted by atomic mass is 10.2. The molecule has 0 bridgehead atoms. The van der Waals surface area contributed by atoms with Crippen molar-refractivity contribution in [1.82, 2.24) is 9.03 Å². The van der Waals surface area contributed by atoms with Gasteiger partial charge in [-0.3, -0.25) is 0 Å². The summed E-state index contributed by atoms with van der Waals surface area (Å²) < 4.78 is 33.2.